The molecule has 9 heteroatoms. The van der Waals surface area contributed by atoms with Gasteiger partial charge in [0, 0.05) is 11.6 Å². The molecule has 0 spiro atoms. The zero-order valence-corrected chi connectivity index (χ0v) is 14.4. The fraction of sp³-hybridized carbons (Fsp3) is 0.133. The molecule has 0 bridgehead atoms. The van der Waals surface area contributed by atoms with Gasteiger partial charge in [0.25, 0.3) is 15.7 Å². The molecule has 24 heavy (non-hydrogen) atoms. The summed E-state index contributed by atoms with van der Waals surface area (Å²) in [5.74, 6) is 0. The molecular weight excluding hydrogens is 350 g/mol. The Morgan fingerprint density at radius 1 is 1.17 bits per heavy atom. The molecule has 0 amide bonds. The normalized spacial score (nSPS) is 11.6. The second-order valence-electron chi connectivity index (χ2n) is 5.30. The number of thiazole rings is 1. The molecule has 124 valence electrons. The van der Waals surface area contributed by atoms with Crippen molar-refractivity contribution in [2.45, 2.75) is 18.7 Å². The highest BCUT2D eigenvalue weighted by atomic mass is 32.2. The zero-order valence-electron chi connectivity index (χ0n) is 12.8. The van der Waals surface area contributed by atoms with E-state index in [1.54, 1.807) is 25.1 Å². The van der Waals surface area contributed by atoms with Crippen molar-refractivity contribution < 1.29 is 13.3 Å². The Morgan fingerprint density at radius 2 is 1.83 bits per heavy atom. The number of benzene rings is 2. The number of aryl methyl sites for hydroxylation is 2. The van der Waals surface area contributed by atoms with E-state index in [0.29, 0.717) is 15.8 Å². The summed E-state index contributed by atoms with van der Waals surface area (Å²) < 4.78 is 27.9. The first kappa shape index (κ1) is 16.3. The molecule has 1 heterocycles. The van der Waals surface area contributed by atoms with Crippen LogP contribution in [0.4, 0.5) is 10.8 Å². The van der Waals surface area contributed by atoms with E-state index >= 15 is 0 Å². The van der Waals surface area contributed by atoms with Crippen LogP contribution in [-0.2, 0) is 10.0 Å². The fourth-order valence-corrected chi connectivity index (χ4v) is 4.38. The van der Waals surface area contributed by atoms with Crippen LogP contribution >= 0.6 is 11.3 Å². The Balaban J connectivity index is 1.98. The average molecular weight is 363 g/mol. The van der Waals surface area contributed by atoms with E-state index in [2.05, 4.69) is 9.71 Å². The summed E-state index contributed by atoms with van der Waals surface area (Å²) in [5, 5.41) is 11.2. The monoisotopic (exact) mass is 363 g/mol. The van der Waals surface area contributed by atoms with Crippen LogP contribution in [0.25, 0.3) is 10.2 Å². The van der Waals surface area contributed by atoms with Crippen LogP contribution in [0, 0.1) is 24.0 Å². The van der Waals surface area contributed by atoms with Crippen LogP contribution in [0.3, 0.4) is 0 Å². The quantitative estimate of drug-likeness (QED) is 0.563. The first-order valence-corrected chi connectivity index (χ1v) is 9.21. The van der Waals surface area contributed by atoms with Gasteiger partial charge in [0.2, 0.25) is 0 Å². The minimum absolute atomic E-state index is 0.0410. The van der Waals surface area contributed by atoms with E-state index in [1.807, 2.05) is 6.92 Å². The maximum absolute atomic E-state index is 12.4. The van der Waals surface area contributed by atoms with Gasteiger partial charge in [-0.1, -0.05) is 29.0 Å². The van der Waals surface area contributed by atoms with Crippen LogP contribution < -0.4 is 4.72 Å². The molecule has 0 aliphatic rings. The SMILES string of the molecule is Cc1ccc(S(=O)(=O)Nc2nc3cc([N+](=O)[O-])c(C)cc3s2)cc1. The number of rotatable bonds is 4. The lowest BCUT2D eigenvalue weighted by atomic mass is 10.2. The van der Waals surface area contributed by atoms with Gasteiger partial charge >= 0.3 is 0 Å². The third-order valence-corrected chi connectivity index (χ3v) is 5.87. The number of sulfonamides is 1. The van der Waals surface area contributed by atoms with Gasteiger partial charge in [-0.3, -0.25) is 14.8 Å². The van der Waals surface area contributed by atoms with E-state index in [-0.39, 0.29) is 15.7 Å². The summed E-state index contributed by atoms with van der Waals surface area (Å²) in [6, 6.07) is 9.43. The molecule has 0 saturated carbocycles. The molecule has 3 aromatic rings. The van der Waals surface area contributed by atoms with Crippen molar-refractivity contribution in [2.75, 3.05) is 4.72 Å². The number of nitro benzene ring substituents is 1. The lowest BCUT2D eigenvalue weighted by molar-refractivity contribution is -0.385. The highest BCUT2D eigenvalue weighted by Crippen LogP contribution is 2.32. The van der Waals surface area contributed by atoms with Crippen molar-refractivity contribution in [2.24, 2.45) is 0 Å². The first-order chi connectivity index (χ1) is 11.3. The van der Waals surface area contributed by atoms with Crippen LogP contribution in [0.2, 0.25) is 0 Å². The maximum Gasteiger partial charge on any atom is 0.274 e. The number of fused-ring (bicyclic) bond motifs is 1. The molecule has 7 nitrogen and oxygen atoms in total. The summed E-state index contributed by atoms with van der Waals surface area (Å²) in [4.78, 5) is 14.8. The van der Waals surface area contributed by atoms with Crippen LogP contribution in [0.5, 0.6) is 0 Å². The molecule has 1 N–H and O–H groups in total. The summed E-state index contributed by atoms with van der Waals surface area (Å²) >= 11 is 1.13. The van der Waals surface area contributed by atoms with Gasteiger partial charge in [-0.2, -0.15) is 0 Å². The zero-order chi connectivity index (χ0) is 17.5. The van der Waals surface area contributed by atoms with E-state index in [1.165, 1.54) is 18.2 Å². The van der Waals surface area contributed by atoms with Gasteiger partial charge < -0.3 is 0 Å². The third-order valence-electron chi connectivity index (χ3n) is 3.46. The molecule has 0 radical (unpaired) electrons. The van der Waals surface area contributed by atoms with Gasteiger partial charge in [0.1, 0.15) is 0 Å². The second kappa shape index (κ2) is 5.84. The van der Waals surface area contributed by atoms with E-state index < -0.39 is 14.9 Å². The highest BCUT2D eigenvalue weighted by molar-refractivity contribution is 7.93. The van der Waals surface area contributed by atoms with Crippen molar-refractivity contribution in [3.8, 4) is 0 Å². The second-order valence-corrected chi connectivity index (χ2v) is 8.01. The number of nitro groups is 1. The standard InChI is InChI=1S/C15H13N3O4S2/c1-9-3-5-11(6-4-9)24(21,22)17-15-16-12-8-13(18(19)20)10(2)7-14(12)23-15/h3-8H,1-2H3,(H,16,17). The molecule has 1 aromatic heterocycles. The molecular formula is C15H13N3O4S2. The molecule has 0 fully saturated rings. The molecule has 0 atom stereocenters. The first-order valence-electron chi connectivity index (χ1n) is 6.91. The van der Waals surface area contributed by atoms with Gasteiger partial charge in [0.05, 0.1) is 20.0 Å². The Kier molecular flexibility index (Phi) is 3.98. The van der Waals surface area contributed by atoms with Gasteiger partial charge in [-0.25, -0.2) is 13.4 Å². The Labute approximate surface area is 142 Å². The summed E-state index contributed by atoms with van der Waals surface area (Å²) in [7, 11) is -3.75. The number of nitrogens with zero attached hydrogens (tertiary/aromatic N) is 2. The third kappa shape index (κ3) is 3.08. The van der Waals surface area contributed by atoms with Crippen molar-refractivity contribution in [1.82, 2.24) is 4.98 Å². The minimum atomic E-state index is -3.75. The van der Waals surface area contributed by atoms with Crippen LogP contribution in [-0.4, -0.2) is 18.3 Å². The van der Waals surface area contributed by atoms with E-state index in [4.69, 9.17) is 0 Å². The van der Waals surface area contributed by atoms with Crippen molar-refractivity contribution in [3.05, 3.63) is 57.6 Å². The van der Waals surface area contributed by atoms with Gasteiger partial charge in [0.15, 0.2) is 5.13 Å². The summed E-state index contributed by atoms with van der Waals surface area (Å²) in [6.07, 6.45) is 0. The maximum atomic E-state index is 12.4. The summed E-state index contributed by atoms with van der Waals surface area (Å²) in [6.45, 7) is 3.50. The molecule has 0 unspecified atom stereocenters. The number of hydrogen-bond acceptors (Lipinski definition) is 6. The molecule has 0 aliphatic carbocycles. The predicted octanol–water partition coefficient (Wildman–Crippen LogP) is 3.62. The largest absolute Gasteiger partial charge is 0.274 e. The fourth-order valence-electron chi connectivity index (χ4n) is 2.20. The molecule has 2 aromatic carbocycles. The predicted molar refractivity (Wildman–Crippen MR) is 93.0 cm³/mol. The van der Waals surface area contributed by atoms with Gasteiger partial charge in [-0.15, -0.1) is 0 Å². The van der Waals surface area contributed by atoms with E-state index in [9.17, 15) is 18.5 Å². The van der Waals surface area contributed by atoms with Crippen molar-refractivity contribution >= 4 is 42.4 Å². The number of hydrogen-bond donors (Lipinski definition) is 1. The topological polar surface area (TPSA) is 102 Å². The lowest BCUT2D eigenvalue weighted by Crippen LogP contribution is -2.12. The Hall–Kier alpha value is -2.52. The lowest BCUT2D eigenvalue weighted by Gasteiger charge is -2.04. The van der Waals surface area contributed by atoms with E-state index in [0.717, 1.165) is 16.9 Å². The Morgan fingerprint density at radius 3 is 2.46 bits per heavy atom. The Bertz CT molecular complexity index is 1040. The number of anilines is 1. The van der Waals surface area contributed by atoms with Crippen molar-refractivity contribution in [1.29, 1.82) is 0 Å². The summed E-state index contributed by atoms with van der Waals surface area (Å²) in [5.41, 5.74) is 1.81. The minimum Gasteiger partial charge on any atom is -0.258 e. The van der Waals surface area contributed by atoms with Crippen molar-refractivity contribution in [3.63, 3.8) is 0 Å². The molecule has 0 saturated heterocycles. The molecule has 0 aliphatic heterocycles. The molecule has 3 rings (SSSR count). The smallest absolute Gasteiger partial charge is 0.258 e. The number of aromatic nitrogens is 1. The van der Waals surface area contributed by atoms with Crippen LogP contribution in [0.15, 0.2) is 41.3 Å². The van der Waals surface area contributed by atoms with Gasteiger partial charge in [-0.05, 0) is 32.0 Å². The number of nitrogens with one attached hydrogen (secondary N) is 1. The average Bonchev–Trinajstić information content (AvgIpc) is 2.86. The highest BCUT2D eigenvalue weighted by Gasteiger charge is 2.18. The van der Waals surface area contributed by atoms with Crippen LogP contribution in [0.1, 0.15) is 11.1 Å².